The highest BCUT2D eigenvalue weighted by molar-refractivity contribution is 9.10. The van der Waals surface area contributed by atoms with Crippen LogP contribution in [0.4, 0.5) is 0 Å². The average Bonchev–Trinajstić information content (AvgIpc) is 3.50. The SMILES string of the molecule is CCCC1=C(C(=O)OCC)[C@@H](c2cc(Br)ccc2OC)n2c(s/c(=C\c3ccc(Sc4nc(C)cc(C)n4)o3)c2=O)=N1. The topological polar surface area (TPSA) is 109 Å². The standard InChI is InChI=1S/C30H29BrN4O5S2/c1-6-8-21-25(28(37)39-7-2)26(20-14-18(31)9-11-22(20)38-5)35-27(36)23(41-30(35)34-21)15-19-10-12-24(40-19)42-29-32-16(3)13-17(4)33-29/h9-15,26H,6-8H2,1-5H3/b23-15-/t26-/m1/s1. The number of benzene rings is 1. The molecule has 42 heavy (non-hydrogen) atoms. The van der Waals surface area contributed by atoms with Crippen molar-refractivity contribution in [1.29, 1.82) is 0 Å². The van der Waals surface area contributed by atoms with Gasteiger partial charge in [-0.1, -0.05) is 40.6 Å². The number of ether oxygens (including phenoxy) is 2. The third-order valence-electron chi connectivity index (χ3n) is 6.41. The van der Waals surface area contributed by atoms with Crippen LogP contribution in [0.25, 0.3) is 6.08 Å². The van der Waals surface area contributed by atoms with E-state index in [1.165, 1.54) is 23.1 Å². The molecule has 0 saturated carbocycles. The van der Waals surface area contributed by atoms with Crippen LogP contribution in [-0.4, -0.2) is 34.2 Å². The van der Waals surface area contributed by atoms with Crippen LogP contribution in [0.5, 0.6) is 5.75 Å². The van der Waals surface area contributed by atoms with Crippen molar-refractivity contribution < 1.29 is 18.7 Å². The number of halogens is 1. The fourth-order valence-corrected chi connectivity index (χ4v) is 6.97. The molecule has 1 aromatic carbocycles. The lowest BCUT2D eigenvalue weighted by molar-refractivity contribution is -0.139. The molecule has 0 radical (unpaired) electrons. The van der Waals surface area contributed by atoms with Gasteiger partial charge in [-0.05, 0) is 75.4 Å². The van der Waals surface area contributed by atoms with Gasteiger partial charge in [0.25, 0.3) is 5.56 Å². The Morgan fingerprint density at radius 1 is 1.17 bits per heavy atom. The molecule has 1 aliphatic heterocycles. The van der Waals surface area contributed by atoms with E-state index in [4.69, 9.17) is 18.9 Å². The fraction of sp³-hybridized carbons (Fsp3) is 0.300. The van der Waals surface area contributed by atoms with Crippen LogP contribution < -0.4 is 19.6 Å². The molecule has 218 valence electrons. The van der Waals surface area contributed by atoms with Crippen molar-refractivity contribution in [2.75, 3.05) is 13.7 Å². The highest BCUT2D eigenvalue weighted by Crippen LogP contribution is 2.38. The van der Waals surface area contributed by atoms with E-state index in [1.807, 2.05) is 45.0 Å². The van der Waals surface area contributed by atoms with Gasteiger partial charge in [0.05, 0.1) is 29.5 Å². The Bertz CT molecular complexity index is 1850. The highest BCUT2D eigenvalue weighted by atomic mass is 79.9. The zero-order chi connectivity index (χ0) is 30.0. The first kappa shape index (κ1) is 30.0. The van der Waals surface area contributed by atoms with Gasteiger partial charge in [0.2, 0.25) is 0 Å². The first-order valence-corrected chi connectivity index (χ1v) is 15.8. The lowest BCUT2D eigenvalue weighted by Crippen LogP contribution is -2.40. The molecule has 0 unspecified atom stereocenters. The number of furan rings is 1. The van der Waals surface area contributed by atoms with Crippen molar-refractivity contribution in [1.82, 2.24) is 14.5 Å². The number of aromatic nitrogens is 3. The summed E-state index contributed by atoms with van der Waals surface area (Å²) in [6.07, 6.45) is 3.00. The predicted molar refractivity (Wildman–Crippen MR) is 165 cm³/mol. The number of carbonyl (C=O) groups excluding carboxylic acids is 1. The van der Waals surface area contributed by atoms with E-state index in [-0.39, 0.29) is 12.2 Å². The summed E-state index contributed by atoms with van der Waals surface area (Å²) in [4.78, 5) is 41.7. The van der Waals surface area contributed by atoms with Crippen LogP contribution in [-0.2, 0) is 9.53 Å². The smallest absolute Gasteiger partial charge is 0.338 e. The molecule has 0 saturated heterocycles. The van der Waals surface area contributed by atoms with E-state index in [0.717, 1.165) is 22.3 Å². The minimum Gasteiger partial charge on any atom is -0.496 e. The van der Waals surface area contributed by atoms with Gasteiger partial charge in [-0.15, -0.1) is 0 Å². The maximum absolute atomic E-state index is 14.0. The van der Waals surface area contributed by atoms with Crippen molar-refractivity contribution in [3.8, 4) is 5.75 Å². The first-order chi connectivity index (χ1) is 20.2. The Balaban J connectivity index is 1.65. The predicted octanol–water partition coefficient (Wildman–Crippen LogP) is 5.50. The summed E-state index contributed by atoms with van der Waals surface area (Å²) in [5.41, 5.74) is 3.03. The molecule has 0 amide bonds. The zero-order valence-corrected chi connectivity index (χ0v) is 27.0. The Hall–Kier alpha value is -3.48. The van der Waals surface area contributed by atoms with Crippen molar-refractivity contribution in [3.05, 3.63) is 94.5 Å². The first-order valence-electron chi connectivity index (χ1n) is 13.4. The van der Waals surface area contributed by atoms with Crippen molar-refractivity contribution in [3.63, 3.8) is 0 Å². The van der Waals surface area contributed by atoms with Crippen LogP contribution in [0.1, 0.15) is 55.4 Å². The summed E-state index contributed by atoms with van der Waals surface area (Å²) in [5, 5.41) is 1.19. The molecule has 0 bridgehead atoms. The van der Waals surface area contributed by atoms with Crippen molar-refractivity contribution in [2.24, 2.45) is 4.99 Å². The van der Waals surface area contributed by atoms with Crippen LogP contribution in [0, 0.1) is 13.8 Å². The Labute approximate surface area is 259 Å². The third-order valence-corrected chi connectivity index (χ3v) is 8.67. The minimum atomic E-state index is -0.791. The highest BCUT2D eigenvalue weighted by Gasteiger charge is 2.36. The molecule has 0 spiro atoms. The van der Waals surface area contributed by atoms with Gasteiger partial charge in [-0.3, -0.25) is 9.36 Å². The van der Waals surface area contributed by atoms with E-state index < -0.39 is 12.0 Å². The maximum Gasteiger partial charge on any atom is 0.338 e. The average molecular weight is 670 g/mol. The summed E-state index contributed by atoms with van der Waals surface area (Å²) in [7, 11) is 1.56. The largest absolute Gasteiger partial charge is 0.496 e. The van der Waals surface area contributed by atoms with Gasteiger partial charge in [0.1, 0.15) is 17.6 Å². The van der Waals surface area contributed by atoms with Crippen molar-refractivity contribution >= 4 is 51.1 Å². The fourth-order valence-electron chi connectivity index (χ4n) is 4.76. The zero-order valence-electron chi connectivity index (χ0n) is 23.8. The summed E-state index contributed by atoms with van der Waals surface area (Å²) < 4.78 is 19.9. The molecule has 4 heterocycles. The van der Waals surface area contributed by atoms with Gasteiger partial charge >= 0.3 is 5.97 Å². The second-order valence-corrected chi connectivity index (χ2v) is 12.4. The Morgan fingerprint density at radius 3 is 2.62 bits per heavy atom. The number of esters is 1. The van der Waals surface area contributed by atoms with Crippen LogP contribution in [0.15, 0.2) is 76.6 Å². The molecule has 9 nitrogen and oxygen atoms in total. The molecule has 3 aromatic heterocycles. The van der Waals surface area contributed by atoms with Gasteiger partial charge in [-0.25, -0.2) is 19.8 Å². The maximum atomic E-state index is 14.0. The van der Waals surface area contributed by atoms with Crippen LogP contribution in [0.3, 0.4) is 0 Å². The van der Waals surface area contributed by atoms with E-state index in [9.17, 15) is 9.59 Å². The number of aryl methyl sites for hydroxylation is 2. The third kappa shape index (κ3) is 6.16. The summed E-state index contributed by atoms with van der Waals surface area (Å²) in [6, 6.07) is 10.3. The Kier molecular flexibility index (Phi) is 9.14. The minimum absolute atomic E-state index is 0.195. The number of nitrogens with zero attached hydrogens (tertiary/aromatic N) is 4. The summed E-state index contributed by atoms with van der Waals surface area (Å²) in [6.45, 7) is 7.81. The normalized spacial score (nSPS) is 15.0. The molecule has 0 aliphatic carbocycles. The van der Waals surface area contributed by atoms with E-state index in [1.54, 1.807) is 36.8 Å². The lowest BCUT2D eigenvalue weighted by Gasteiger charge is -2.27. The molecule has 1 atom stereocenters. The van der Waals surface area contributed by atoms with Crippen LogP contribution >= 0.6 is 39.0 Å². The monoisotopic (exact) mass is 668 g/mol. The lowest BCUT2D eigenvalue weighted by atomic mass is 9.93. The number of fused-ring (bicyclic) bond motifs is 1. The number of rotatable bonds is 9. The van der Waals surface area contributed by atoms with Crippen LogP contribution in [0.2, 0.25) is 0 Å². The van der Waals surface area contributed by atoms with E-state index >= 15 is 0 Å². The number of allylic oxidation sites excluding steroid dienone is 1. The van der Waals surface area contributed by atoms with E-state index in [2.05, 4.69) is 25.9 Å². The molecule has 1 aliphatic rings. The van der Waals surface area contributed by atoms with Gasteiger partial charge in [-0.2, -0.15) is 0 Å². The number of thiazole rings is 1. The number of carbonyl (C=O) groups is 1. The van der Waals surface area contributed by atoms with Gasteiger partial charge < -0.3 is 13.9 Å². The number of hydrogen-bond acceptors (Lipinski definition) is 10. The molecule has 5 rings (SSSR count). The summed E-state index contributed by atoms with van der Waals surface area (Å²) >= 11 is 6.10. The molecule has 4 aromatic rings. The molecule has 0 fully saturated rings. The van der Waals surface area contributed by atoms with Gasteiger partial charge in [0, 0.05) is 27.5 Å². The summed E-state index contributed by atoms with van der Waals surface area (Å²) in [5.74, 6) is 0.535. The number of methoxy groups -OCH3 is 1. The second-order valence-electron chi connectivity index (χ2n) is 9.49. The second kappa shape index (κ2) is 12.8. The molecular formula is C30H29BrN4O5S2. The Morgan fingerprint density at radius 2 is 1.93 bits per heavy atom. The number of hydrogen-bond donors (Lipinski definition) is 0. The molecule has 12 heteroatoms. The van der Waals surface area contributed by atoms with Crippen molar-refractivity contribution in [2.45, 2.75) is 56.8 Å². The molecule has 0 N–H and O–H groups in total. The quantitative estimate of drug-likeness (QED) is 0.170. The van der Waals surface area contributed by atoms with E-state index in [0.29, 0.717) is 54.3 Å². The molecular weight excluding hydrogens is 640 g/mol. The van der Waals surface area contributed by atoms with Gasteiger partial charge in [0.15, 0.2) is 15.1 Å².